The Morgan fingerprint density at radius 3 is 2.74 bits per heavy atom. The van der Waals surface area contributed by atoms with Gasteiger partial charge < -0.3 is 0 Å². The van der Waals surface area contributed by atoms with Crippen molar-refractivity contribution in [3.8, 4) is 11.1 Å². The molecule has 174 valence electrons. The molecule has 2 heteroatoms. The van der Waals surface area contributed by atoms with Crippen LogP contribution in [0.1, 0.15) is 60.8 Å². The van der Waals surface area contributed by atoms with Crippen molar-refractivity contribution >= 4 is 38.2 Å². The number of allylic oxidation sites excluding steroid dienone is 2. The van der Waals surface area contributed by atoms with E-state index in [2.05, 4.69) is 79.0 Å². The minimum absolute atomic E-state index is 1.16. The van der Waals surface area contributed by atoms with Crippen LogP contribution in [0, 0.1) is 13.0 Å². The van der Waals surface area contributed by atoms with Gasteiger partial charge in [-0.25, -0.2) is 0 Å². The summed E-state index contributed by atoms with van der Waals surface area (Å²) >= 11 is 1.95. The Labute approximate surface area is 212 Å². The van der Waals surface area contributed by atoms with Crippen LogP contribution in [0.2, 0.25) is 0 Å². The van der Waals surface area contributed by atoms with E-state index in [0.29, 0.717) is 0 Å². The minimum Gasteiger partial charge on any atom is -0.255 e. The van der Waals surface area contributed by atoms with Gasteiger partial charge in [0.2, 0.25) is 0 Å². The molecule has 0 spiro atoms. The Bertz CT molecular complexity index is 1580. The van der Waals surface area contributed by atoms with Gasteiger partial charge in [-0.15, -0.1) is 12.1 Å². The summed E-state index contributed by atoms with van der Waals surface area (Å²) in [6.45, 7) is 6.69. The quantitative estimate of drug-likeness (QED) is 0.155. The smallest absolute Gasteiger partial charge is 0.159 e. The first-order valence-electron chi connectivity index (χ1n) is 13.1. The lowest BCUT2D eigenvalue weighted by atomic mass is 9.81. The summed E-state index contributed by atoms with van der Waals surface area (Å²) in [5.74, 6) is 0. The number of aryl methyl sites for hydroxylation is 2. The first kappa shape index (κ1) is 21.2. The van der Waals surface area contributed by atoms with Crippen LogP contribution in [0.25, 0.3) is 31.3 Å². The van der Waals surface area contributed by atoms with Gasteiger partial charge in [-0.2, -0.15) is 0 Å². The predicted molar refractivity (Wildman–Crippen MR) is 151 cm³/mol. The van der Waals surface area contributed by atoms with Gasteiger partial charge in [0, 0.05) is 5.56 Å². The normalized spacial score (nSPS) is 17.9. The number of hydrogen-bond acceptors (Lipinski definition) is 0. The molecule has 1 aromatic heterocycles. The van der Waals surface area contributed by atoms with E-state index in [1.165, 1.54) is 105 Å². The van der Waals surface area contributed by atoms with Gasteiger partial charge >= 0.3 is 0 Å². The van der Waals surface area contributed by atoms with Crippen molar-refractivity contribution in [1.82, 2.24) is 0 Å². The molecule has 0 unspecified atom stereocenters. The van der Waals surface area contributed by atoms with Crippen LogP contribution in [-0.4, -0.2) is 11.3 Å². The second kappa shape index (κ2) is 8.24. The Balaban J connectivity index is 1.43. The summed E-state index contributed by atoms with van der Waals surface area (Å²) in [5.41, 5.74) is 11.7. The molecule has 1 nitrogen and oxygen atoms in total. The summed E-state index contributed by atoms with van der Waals surface area (Å²) in [5, 5.41) is 2.77. The molecular formula is C33H31NS. The van der Waals surface area contributed by atoms with Gasteiger partial charge in [-0.05, 0) is 59.8 Å². The van der Waals surface area contributed by atoms with Gasteiger partial charge in [-0.1, -0.05) is 90.7 Å². The zero-order chi connectivity index (χ0) is 23.5. The summed E-state index contributed by atoms with van der Waals surface area (Å²) in [6.07, 6.45) is 14.4. The molecule has 2 aliphatic carbocycles. The van der Waals surface area contributed by atoms with Gasteiger partial charge in [0.25, 0.3) is 0 Å². The van der Waals surface area contributed by atoms with Crippen molar-refractivity contribution in [2.45, 2.75) is 58.3 Å². The number of benzene rings is 3. The third-order valence-electron chi connectivity index (χ3n) is 8.33. The number of fused-ring (bicyclic) bond motifs is 4. The number of thiophene rings is 1. The highest BCUT2D eigenvalue weighted by Gasteiger charge is 2.32. The van der Waals surface area contributed by atoms with E-state index < -0.39 is 0 Å². The molecule has 0 amide bonds. The van der Waals surface area contributed by atoms with Crippen LogP contribution in [0.5, 0.6) is 0 Å². The first-order chi connectivity index (χ1) is 17.2. The van der Waals surface area contributed by atoms with Crippen LogP contribution in [0.15, 0.2) is 72.0 Å². The van der Waals surface area contributed by atoms with Gasteiger partial charge in [0.15, 0.2) is 15.4 Å². The third-order valence-corrected chi connectivity index (χ3v) is 9.53. The maximum absolute atomic E-state index is 4.42. The van der Waals surface area contributed by atoms with E-state index >= 15 is 0 Å². The van der Waals surface area contributed by atoms with E-state index in [1.807, 2.05) is 11.3 Å². The Morgan fingerprint density at radius 1 is 0.943 bits per heavy atom. The molecule has 0 radical (unpaired) electrons. The monoisotopic (exact) mass is 473 g/mol. The molecule has 35 heavy (non-hydrogen) atoms. The van der Waals surface area contributed by atoms with E-state index in [-0.39, 0.29) is 0 Å². The van der Waals surface area contributed by atoms with Gasteiger partial charge in [-0.3, -0.25) is 4.58 Å². The molecular weight excluding hydrogens is 442 g/mol. The second-order valence-corrected chi connectivity index (χ2v) is 11.5. The minimum atomic E-state index is 1.16. The lowest BCUT2D eigenvalue weighted by molar-refractivity contribution is -0.420. The van der Waals surface area contributed by atoms with Gasteiger partial charge in [0.05, 0.1) is 6.72 Å². The highest BCUT2D eigenvalue weighted by atomic mass is 32.1. The first-order valence-corrected chi connectivity index (χ1v) is 14.0. The topological polar surface area (TPSA) is 3.01 Å². The molecule has 0 fully saturated rings. The third kappa shape index (κ3) is 3.34. The van der Waals surface area contributed by atoms with Crippen molar-refractivity contribution in [3.05, 3.63) is 100 Å². The Morgan fingerprint density at radius 2 is 1.80 bits per heavy atom. The summed E-state index contributed by atoms with van der Waals surface area (Å²) in [7, 11) is 0. The van der Waals surface area contributed by atoms with Crippen molar-refractivity contribution < 1.29 is 4.58 Å². The molecule has 0 bridgehead atoms. The van der Waals surface area contributed by atoms with Crippen molar-refractivity contribution in [2.75, 3.05) is 0 Å². The molecule has 2 heterocycles. The van der Waals surface area contributed by atoms with E-state index in [9.17, 15) is 0 Å². The second-order valence-electron chi connectivity index (χ2n) is 10.4. The largest absolute Gasteiger partial charge is 0.255 e. The molecule has 0 saturated carbocycles. The zero-order valence-electron chi connectivity index (χ0n) is 20.5. The van der Waals surface area contributed by atoms with Crippen molar-refractivity contribution in [2.24, 2.45) is 0 Å². The Hall–Kier alpha value is -3.10. The van der Waals surface area contributed by atoms with E-state index in [0.717, 1.165) is 6.42 Å². The van der Waals surface area contributed by atoms with Crippen LogP contribution >= 0.6 is 11.3 Å². The highest BCUT2D eigenvalue weighted by Crippen LogP contribution is 2.46. The number of hydrogen-bond donors (Lipinski definition) is 0. The number of nitrogens with zero attached hydrogens (tertiary/aromatic N) is 1. The maximum Gasteiger partial charge on any atom is 0.159 e. The maximum atomic E-state index is 4.42. The molecule has 1 aliphatic heterocycles. The van der Waals surface area contributed by atoms with Crippen LogP contribution < -0.4 is 0 Å². The fourth-order valence-corrected chi connectivity index (χ4v) is 7.84. The SMILES string of the molecule is C=[N+]1C=CC2=C(CCCC2)[C-]1c1c(C)ccc2c1[s+][c-]1ccc(-c3cccc4c3CCCC4)cc21. The zero-order valence-corrected chi connectivity index (χ0v) is 21.3. The van der Waals surface area contributed by atoms with Crippen LogP contribution in [0.4, 0.5) is 0 Å². The highest BCUT2D eigenvalue weighted by molar-refractivity contribution is 7.26. The average Bonchev–Trinajstić information content (AvgIpc) is 3.27. The average molecular weight is 474 g/mol. The lowest BCUT2D eigenvalue weighted by Gasteiger charge is -2.30. The summed E-state index contributed by atoms with van der Waals surface area (Å²) in [4.78, 5) is 0. The fraction of sp³-hybridized carbons (Fsp3) is 0.273. The van der Waals surface area contributed by atoms with E-state index in [1.54, 1.807) is 11.1 Å². The van der Waals surface area contributed by atoms with Gasteiger partial charge in [0.1, 0.15) is 17.5 Å². The summed E-state index contributed by atoms with van der Waals surface area (Å²) in [6, 6.07) is 20.1. The van der Waals surface area contributed by atoms with Crippen LogP contribution in [0.3, 0.4) is 0 Å². The van der Waals surface area contributed by atoms with Crippen LogP contribution in [-0.2, 0) is 12.8 Å². The predicted octanol–water partition coefficient (Wildman–Crippen LogP) is 8.90. The summed E-state index contributed by atoms with van der Waals surface area (Å²) < 4.78 is 4.90. The standard InChI is InChI=1S/C33H31NS/c1-21-14-16-28-29-20-24(26-13-7-10-22-8-3-5-11-25(22)26)15-17-30(29)35-33(28)31(21)32-27-12-6-4-9-23(27)18-19-34(32)2/h7,10,13-20H,2-6,8-9,11-12H2,1H3. The molecule has 4 aromatic rings. The lowest BCUT2D eigenvalue weighted by Crippen LogP contribution is -2.23. The fourth-order valence-electron chi connectivity index (χ4n) is 6.56. The van der Waals surface area contributed by atoms with Crippen molar-refractivity contribution in [1.29, 1.82) is 0 Å². The number of rotatable bonds is 2. The molecule has 7 rings (SSSR count). The van der Waals surface area contributed by atoms with Crippen molar-refractivity contribution in [3.63, 3.8) is 0 Å². The molecule has 0 saturated heterocycles. The molecule has 0 atom stereocenters. The molecule has 3 aromatic carbocycles. The Kier molecular flexibility index (Phi) is 4.99. The molecule has 0 N–H and O–H groups in total. The van der Waals surface area contributed by atoms with E-state index in [4.69, 9.17) is 0 Å². The molecule has 3 aliphatic rings.